The van der Waals surface area contributed by atoms with Crippen LogP contribution < -0.4 is 10.5 Å². The molecule has 1 aromatic heterocycles. The van der Waals surface area contributed by atoms with Crippen LogP contribution in [0.25, 0.3) is 22.0 Å². The van der Waals surface area contributed by atoms with Crippen LogP contribution in [0.2, 0.25) is 0 Å². The van der Waals surface area contributed by atoms with Crippen LogP contribution in [0, 0.1) is 0 Å². The van der Waals surface area contributed by atoms with E-state index in [1.165, 1.54) is 16.4 Å². The van der Waals surface area contributed by atoms with Crippen molar-refractivity contribution in [3.05, 3.63) is 95.3 Å². The van der Waals surface area contributed by atoms with Crippen LogP contribution in [0.5, 0.6) is 0 Å². The fourth-order valence-corrected chi connectivity index (χ4v) is 4.24. The van der Waals surface area contributed by atoms with Crippen molar-refractivity contribution in [2.45, 2.75) is 6.54 Å². The molecule has 0 spiro atoms. The normalized spacial score (nSPS) is 14.0. The van der Waals surface area contributed by atoms with Gasteiger partial charge in [0.2, 0.25) is 5.91 Å². The maximum atomic E-state index is 12.9. The Hall–Kier alpha value is -3.93. The zero-order valence-electron chi connectivity index (χ0n) is 17.7. The zero-order valence-corrected chi connectivity index (χ0v) is 17.7. The highest BCUT2D eigenvalue weighted by molar-refractivity contribution is 5.95. The topological polar surface area (TPSA) is 58.4 Å². The third-order valence-corrected chi connectivity index (χ3v) is 5.97. The molecule has 3 aromatic carbocycles. The van der Waals surface area contributed by atoms with Crippen molar-refractivity contribution in [3.8, 4) is 11.3 Å². The molecule has 0 radical (unpaired) electrons. The summed E-state index contributed by atoms with van der Waals surface area (Å²) in [7, 11) is 0. The maximum Gasteiger partial charge on any atom is 0.267 e. The highest BCUT2D eigenvalue weighted by Gasteiger charge is 2.22. The van der Waals surface area contributed by atoms with E-state index < -0.39 is 0 Å². The maximum absolute atomic E-state index is 12.9. The quantitative estimate of drug-likeness (QED) is 0.504. The van der Waals surface area contributed by atoms with Crippen LogP contribution in [0.15, 0.2) is 89.7 Å². The molecule has 2 heterocycles. The summed E-state index contributed by atoms with van der Waals surface area (Å²) in [6.07, 6.45) is 0. The average molecular weight is 425 g/mol. The van der Waals surface area contributed by atoms with Crippen molar-refractivity contribution in [3.63, 3.8) is 0 Å². The number of para-hydroxylation sites is 1. The molecule has 6 heteroatoms. The van der Waals surface area contributed by atoms with E-state index in [0.29, 0.717) is 18.8 Å². The first-order chi connectivity index (χ1) is 15.7. The molecule has 1 aliphatic rings. The first kappa shape index (κ1) is 20.0. The van der Waals surface area contributed by atoms with E-state index in [1.54, 1.807) is 6.07 Å². The molecule has 0 saturated carbocycles. The molecule has 0 aliphatic carbocycles. The number of benzene rings is 3. The van der Waals surface area contributed by atoms with Crippen molar-refractivity contribution < 1.29 is 4.79 Å². The number of rotatable bonds is 4. The lowest BCUT2D eigenvalue weighted by Gasteiger charge is -2.36. The van der Waals surface area contributed by atoms with Crippen LogP contribution in [0.1, 0.15) is 0 Å². The third-order valence-electron chi connectivity index (χ3n) is 5.97. The van der Waals surface area contributed by atoms with Gasteiger partial charge < -0.3 is 9.80 Å². The minimum atomic E-state index is -0.273. The van der Waals surface area contributed by atoms with Gasteiger partial charge in [-0.1, -0.05) is 60.7 Å². The summed E-state index contributed by atoms with van der Waals surface area (Å²) in [5.74, 6) is -0.0811. The number of amides is 1. The number of hydrogen-bond acceptors (Lipinski definition) is 4. The molecule has 1 aliphatic heterocycles. The van der Waals surface area contributed by atoms with E-state index >= 15 is 0 Å². The van der Waals surface area contributed by atoms with E-state index in [9.17, 15) is 9.59 Å². The summed E-state index contributed by atoms with van der Waals surface area (Å²) >= 11 is 0. The summed E-state index contributed by atoms with van der Waals surface area (Å²) in [6.45, 7) is 2.75. The predicted octanol–water partition coefficient (Wildman–Crippen LogP) is 3.41. The van der Waals surface area contributed by atoms with Crippen molar-refractivity contribution >= 4 is 22.4 Å². The van der Waals surface area contributed by atoms with E-state index in [2.05, 4.69) is 22.1 Å². The van der Waals surface area contributed by atoms with Gasteiger partial charge in [-0.15, -0.1) is 0 Å². The smallest absolute Gasteiger partial charge is 0.267 e. The Labute approximate surface area is 186 Å². The molecule has 1 saturated heterocycles. The predicted molar refractivity (Wildman–Crippen MR) is 127 cm³/mol. The Morgan fingerprint density at radius 3 is 2.31 bits per heavy atom. The van der Waals surface area contributed by atoms with Crippen molar-refractivity contribution in [1.29, 1.82) is 0 Å². The van der Waals surface area contributed by atoms with Crippen molar-refractivity contribution in [2.75, 3.05) is 31.1 Å². The van der Waals surface area contributed by atoms with Gasteiger partial charge in [-0.25, -0.2) is 4.68 Å². The second-order valence-electron chi connectivity index (χ2n) is 7.94. The van der Waals surface area contributed by atoms with Crippen LogP contribution >= 0.6 is 0 Å². The Balaban J connectivity index is 1.33. The molecule has 0 unspecified atom stereocenters. The molecule has 1 amide bonds. The summed E-state index contributed by atoms with van der Waals surface area (Å²) in [4.78, 5) is 29.5. The summed E-state index contributed by atoms with van der Waals surface area (Å²) in [5, 5.41) is 6.71. The Morgan fingerprint density at radius 1 is 0.781 bits per heavy atom. The van der Waals surface area contributed by atoms with Crippen LogP contribution in [0.4, 0.5) is 5.69 Å². The van der Waals surface area contributed by atoms with Gasteiger partial charge in [0.1, 0.15) is 6.54 Å². The lowest BCUT2D eigenvalue weighted by atomic mass is 10.0. The van der Waals surface area contributed by atoms with Gasteiger partial charge in [-0.3, -0.25) is 9.59 Å². The molecular weight excluding hydrogens is 400 g/mol. The van der Waals surface area contributed by atoms with Gasteiger partial charge in [0, 0.05) is 43.5 Å². The number of carbonyl (C=O) groups is 1. The SMILES string of the molecule is O=C(Cn1nc(-c2cccc3ccccc23)ccc1=O)N1CCN(c2ccccc2)CC1. The summed E-state index contributed by atoms with van der Waals surface area (Å²) < 4.78 is 1.28. The number of aromatic nitrogens is 2. The molecule has 0 bridgehead atoms. The molecule has 0 N–H and O–H groups in total. The lowest BCUT2D eigenvalue weighted by molar-refractivity contribution is -0.132. The number of piperazine rings is 1. The molecule has 5 rings (SSSR count). The number of fused-ring (bicyclic) bond motifs is 1. The monoisotopic (exact) mass is 424 g/mol. The second-order valence-corrected chi connectivity index (χ2v) is 7.94. The molecule has 1 fully saturated rings. The Morgan fingerprint density at radius 2 is 1.50 bits per heavy atom. The number of anilines is 1. The molecule has 4 aromatic rings. The van der Waals surface area contributed by atoms with Crippen molar-refractivity contribution in [2.24, 2.45) is 0 Å². The molecular formula is C26H24N4O2. The molecule has 160 valence electrons. The molecule has 6 nitrogen and oxygen atoms in total. The van der Waals surface area contributed by atoms with Crippen LogP contribution in [-0.2, 0) is 11.3 Å². The Bertz CT molecular complexity index is 1300. The lowest BCUT2D eigenvalue weighted by Crippen LogP contribution is -2.50. The van der Waals surface area contributed by atoms with E-state index in [1.807, 2.05) is 65.6 Å². The fourth-order valence-electron chi connectivity index (χ4n) is 4.24. The first-order valence-corrected chi connectivity index (χ1v) is 10.8. The largest absolute Gasteiger partial charge is 0.368 e. The number of carbonyl (C=O) groups excluding carboxylic acids is 1. The molecule has 0 atom stereocenters. The fraction of sp³-hybridized carbons (Fsp3) is 0.192. The van der Waals surface area contributed by atoms with Crippen LogP contribution in [-0.4, -0.2) is 46.8 Å². The highest BCUT2D eigenvalue weighted by Crippen LogP contribution is 2.26. The molecule has 32 heavy (non-hydrogen) atoms. The van der Waals surface area contributed by atoms with Gasteiger partial charge in [-0.05, 0) is 29.0 Å². The van der Waals surface area contributed by atoms with E-state index in [4.69, 9.17) is 0 Å². The van der Waals surface area contributed by atoms with Crippen LogP contribution in [0.3, 0.4) is 0 Å². The first-order valence-electron chi connectivity index (χ1n) is 10.8. The highest BCUT2D eigenvalue weighted by atomic mass is 16.2. The van der Waals surface area contributed by atoms with Gasteiger partial charge in [0.05, 0.1) is 5.69 Å². The van der Waals surface area contributed by atoms with E-state index in [-0.39, 0.29) is 18.0 Å². The minimum absolute atomic E-state index is 0.0528. The second kappa shape index (κ2) is 8.67. The van der Waals surface area contributed by atoms with Gasteiger partial charge in [-0.2, -0.15) is 5.10 Å². The number of hydrogen-bond donors (Lipinski definition) is 0. The van der Waals surface area contributed by atoms with Gasteiger partial charge in [0.25, 0.3) is 5.56 Å². The van der Waals surface area contributed by atoms with Gasteiger partial charge >= 0.3 is 0 Å². The zero-order chi connectivity index (χ0) is 21.9. The van der Waals surface area contributed by atoms with E-state index in [0.717, 1.165) is 29.4 Å². The Kier molecular flexibility index (Phi) is 5.42. The summed E-state index contributed by atoms with van der Waals surface area (Å²) in [5.41, 5.74) is 2.52. The third kappa shape index (κ3) is 3.99. The number of nitrogens with zero attached hydrogens (tertiary/aromatic N) is 4. The average Bonchev–Trinajstić information content (AvgIpc) is 2.86. The van der Waals surface area contributed by atoms with Gasteiger partial charge in [0.15, 0.2) is 0 Å². The van der Waals surface area contributed by atoms with Crippen molar-refractivity contribution in [1.82, 2.24) is 14.7 Å². The minimum Gasteiger partial charge on any atom is -0.368 e. The summed E-state index contributed by atoms with van der Waals surface area (Å²) in [6, 6.07) is 27.5. The standard InChI is InChI=1S/C26H24N4O2/c31-25-14-13-24(23-12-6-8-20-7-4-5-11-22(20)23)27-30(25)19-26(32)29-17-15-28(16-18-29)21-9-2-1-3-10-21/h1-14H,15-19H2.